The highest BCUT2D eigenvalue weighted by molar-refractivity contribution is 7.14. The first kappa shape index (κ1) is 19.9. The number of nitrogens with zero attached hydrogens (tertiary/aromatic N) is 3. The predicted octanol–water partition coefficient (Wildman–Crippen LogP) is 2.64. The number of aryl methyl sites for hydroxylation is 2. The zero-order valence-electron chi connectivity index (χ0n) is 16.0. The number of hydrogen-bond acceptors (Lipinski definition) is 4. The molecule has 25 heavy (non-hydrogen) atoms. The first-order valence-electron chi connectivity index (χ1n) is 9.38. The van der Waals surface area contributed by atoms with Gasteiger partial charge < -0.3 is 9.80 Å². The van der Waals surface area contributed by atoms with Crippen LogP contribution < -0.4 is 0 Å². The number of carbonyl (C=O) groups is 2. The zero-order valence-corrected chi connectivity index (χ0v) is 16.8. The standard InChI is InChI=1S/C19H31N3O2S/c1-5-16-13-17(25-15(16)4)19(24)22-10-8-9-20(11-12-22)14-18(23)21(6-2)7-3/h13H,5-12,14H2,1-4H3. The Kier molecular flexibility index (Phi) is 7.44. The Labute approximate surface area is 155 Å². The van der Waals surface area contributed by atoms with E-state index in [0.29, 0.717) is 13.1 Å². The molecule has 2 heterocycles. The second-order valence-electron chi connectivity index (χ2n) is 6.53. The lowest BCUT2D eigenvalue weighted by Crippen LogP contribution is -2.42. The Bertz CT molecular complexity index is 595. The van der Waals surface area contributed by atoms with Crippen LogP contribution in [0.25, 0.3) is 0 Å². The van der Waals surface area contributed by atoms with Gasteiger partial charge in [0.15, 0.2) is 0 Å². The molecule has 0 aromatic carbocycles. The molecule has 1 saturated heterocycles. The normalized spacial score (nSPS) is 15.9. The minimum absolute atomic E-state index is 0.143. The summed E-state index contributed by atoms with van der Waals surface area (Å²) in [4.78, 5) is 33.2. The summed E-state index contributed by atoms with van der Waals surface area (Å²) in [5.41, 5.74) is 1.27. The molecule has 0 spiro atoms. The van der Waals surface area contributed by atoms with Gasteiger partial charge in [-0.05, 0) is 45.2 Å². The fraction of sp³-hybridized carbons (Fsp3) is 0.684. The molecular formula is C19H31N3O2S. The van der Waals surface area contributed by atoms with Gasteiger partial charge in [-0.3, -0.25) is 14.5 Å². The predicted molar refractivity (Wildman–Crippen MR) is 103 cm³/mol. The molecular weight excluding hydrogens is 334 g/mol. The molecule has 0 aliphatic carbocycles. The Morgan fingerprint density at radius 2 is 1.84 bits per heavy atom. The van der Waals surface area contributed by atoms with Crippen molar-refractivity contribution in [3.63, 3.8) is 0 Å². The van der Waals surface area contributed by atoms with Crippen LogP contribution in [0.15, 0.2) is 6.07 Å². The van der Waals surface area contributed by atoms with E-state index < -0.39 is 0 Å². The second-order valence-corrected chi connectivity index (χ2v) is 7.79. The van der Waals surface area contributed by atoms with Crippen molar-refractivity contribution in [3.05, 3.63) is 21.4 Å². The largest absolute Gasteiger partial charge is 0.342 e. The third-order valence-corrected chi connectivity index (χ3v) is 6.04. The van der Waals surface area contributed by atoms with E-state index in [2.05, 4.69) is 24.8 Å². The van der Waals surface area contributed by atoms with Crippen LogP contribution >= 0.6 is 11.3 Å². The van der Waals surface area contributed by atoms with E-state index in [9.17, 15) is 9.59 Å². The quantitative estimate of drug-likeness (QED) is 0.778. The number of rotatable bonds is 6. The highest BCUT2D eigenvalue weighted by Crippen LogP contribution is 2.23. The number of hydrogen-bond donors (Lipinski definition) is 0. The summed E-state index contributed by atoms with van der Waals surface area (Å²) in [6.45, 7) is 13.3. The summed E-state index contributed by atoms with van der Waals surface area (Å²) >= 11 is 1.60. The van der Waals surface area contributed by atoms with Crippen molar-refractivity contribution in [2.75, 3.05) is 45.8 Å². The molecule has 0 saturated carbocycles. The molecule has 2 rings (SSSR count). The van der Waals surface area contributed by atoms with Crippen LogP contribution in [0.4, 0.5) is 0 Å². The van der Waals surface area contributed by atoms with E-state index in [1.807, 2.05) is 23.6 Å². The van der Waals surface area contributed by atoms with E-state index in [1.165, 1.54) is 10.4 Å². The molecule has 1 aromatic heterocycles. The average Bonchev–Trinajstić information content (AvgIpc) is 2.83. The van der Waals surface area contributed by atoms with Crippen molar-refractivity contribution in [2.45, 2.75) is 40.5 Å². The molecule has 0 radical (unpaired) electrons. The third-order valence-electron chi connectivity index (χ3n) is 4.96. The van der Waals surface area contributed by atoms with Gasteiger partial charge in [0, 0.05) is 44.1 Å². The van der Waals surface area contributed by atoms with Gasteiger partial charge in [-0.25, -0.2) is 0 Å². The summed E-state index contributed by atoms with van der Waals surface area (Å²) in [6, 6.07) is 2.05. The summed E-state index contributed by atoms with van der Waals surface area (Å²) in [7, 11) is 0. The van der Waals surface area contributed by atoms with Gasteiger partial charge in [0.1, 0.15) is 0 Å². The van der Waals surface area contributed by atoms with Crippen molar-refractivity contribution < 1.29 is 9.59 Å². The average molecular weight is 366 g/mol. The van der Waals surface area contributed by atoms with Crippen LogP contribution in [0.5, 0.6) is 0 Å². The summed E-state index contributed by atoms with van der Waals surface area (Å²) in [5, 5.41) is 0. The number of likely N-dealkylation sites (N-methyl/N-ethyl adjacent to an activating group) is 1. The molecule has 1 aliphatic heterocycles. The molecule has 1 fully saturated rings. The third kappa shape index (κ3) is 5.05. The Morgan fingerprint density at radius 3 is 2.44 bits per heavy atom. The van der Waals surface area contributed by atoms with Crippen molar-refractivity contribution in [2.24, 2.45) is 0 Å². The van der Waals surface area contributed by atoms with E-state index >= 15 is 0 Å². The highest BCUT2D eigenvalue weighted by atomic mass is 32.1. The SMILES string of the molecule is CCc1cc(C(=O)N2CCCN(CC(=O)N(CC)CC)CC2)sc1C. The van der Waals surface area contributed by atoms with E-state index in [1.54, 1.807) is 11.3 Å². The number of carbonyl (C=O) groups excluding carboxylic acids is 2. The van der Waals surface area contributed by atoms with Gasteiger partial charge in [0.05, 0.1) is 11.4 Å². The van der Waals surface area contributed by atoms with Crippen molar-refractivity contribution in [1.82, 2.24) is 14.7 Å². The fourth-order valence-corrected chi connectivity index (χ4v) is 4.41. The lowest BCUT2D eigenvalue weighted by Gasteiger charge is -2.25. The molecule has 0 unspecified atom stereocenters. The first-order chi connectivity index (χ1) is 12.0. The molecule has 140 valence electrons. The number of thiophene rings is 1. The molecule has 5 nitrogen and oxygen atoms in total. The van der Waals surface area contributed by atoms with E-state index in [-0.39, 0.29) is 11.8 Å². The maximum atomic E-state index is 12.8. The van der Waals surface area contributed by atoms with Crippen LogP contribution in [0.2, 0.25) is 0 Å². The summed E-state index contributed by atoms with van der Waals surface area (Å²) < 4.78 is 0. The van der Waals surface area contributed by atoms with Gasteiger partial charge in [-0.2, -0.15) is 0 Å². The molecule has 2 amide bonds. The minimum Gasteiger partial charge on any atom is -0.342 e. The molecule has 0 bridgehead atoms. The lowest BCUT2D eigenvalue weighted by atomic mass is 10.2. The molecule has 1 aromatic rings. The van der Waals surface area contributed by atoms with Crippen LogP contribution in [0, 0.1) is 6.92 Å². The van der Waals surface area contributed by atoms with Gasteiger partial charge in [0.2, 0.25) is 5.91 Å². The highest BCUT2D eigenvalue weighted by Gasteiger charge is 2.23. The Balaban J connectivity index is 1.94. The summed E-state index contributed by atoms with van der Waals surface area (Å²) in [6.07, 6.45) is 1.89. The maximum Gasteiger partial charge on any atom is 0.263 e. The van der Waals surface area contributed by atoms with Crippen LogP contribution in [-0.2, 0) is 11.2 Å². The molecule has 0 N–H and O–H groups in total. The van der Waals surface area contributed by atoms with Crippen LogP contribution in [-0.4, -0.2) is 72.3 Å². The molecule has 0 atom stereocenters. The van der Waals surface area contributed by atoms with Crippen molar-refractivity contribution in [3.8, 4) is 0 Å². The second kappa shape index (κ2) is 9.34. The minimum atomic E-state index is 0.143. The smallest absolute Gasteiger partial charge is 0.263 e. The van der Waals surface area contributed by atoms with Gasteiger partial charge >= 0.3 is 0 Å². The van der Waals surface area contributed by atoms with Crippen LogP contribution in [0.1, 0.15) is 47.3 Å². The number of amides is 2. The molecule has 1 aliphatic rings. The van der Waals surface area contributed by atoms with Gasteiger partial charge in [0.25, 0.3) is 5.91 Å². The summed E-state index contributed by atoms with van der Waals surface area (Å²) in [5.74, 6) is 0.330. The van der Waals surface area contributed by atoms with Gasteiger partial charge in [-0.1, -0.05) is 6.92 Å². The monoisotopic (exact) mass is 365 g/mol. The Hall–Kier alpha value is -1.40. The Morgan fingerprint density at radius 1 is 1.12 bits per heavy atom. The van der Waals surface area contributed by atoms with Crippen molar-refractivity contribution in [1.29, 1.82) is 0 Å². The zero-order chi connectivity index (χ0) is 18.4. The first-order valence-corrected chi connectivity index (χ1v) is 10.2. The van der Waals surface area contributed by atoms with Gasteiger partial charge in [-0.15, -0.1) is 11.3 Å². The van der Waals surface area contributed by atoms with E-state index in [4.69, 9.17) is 0 Å². The maximum absolute atomic E-state index is 12.8. The van der Waals surface area contributed by atoms with Crippen LogP contribution in [0.3, 0.4) is 0 Å². The van der Waals surface area contributed by atoms with E-state index in [0.717, 1.165) is 50.4 Å². The lowest BCUT2D eigenvalue weighted by molar-refractivity contribution is -0.132. The molecule has 6 heteroatoms. The fourth-order valence-electron chi connectivity index (χ4n) is 3.33. The topological polar surface area (TPSA) is 43.9 Å². The van der Waals surface area contributed by atoms with Crippen molar-refractivity contribution >= 4 is 23.2 Å².